The van der Waals surface area contributed by atoms with E-state index in [2.05, 4.69) is 5.32 Å². The van der Waals surface area contributed by atoms with Crippen LogP contribution in [0.3, 0.4) is 0 Å². The molecule has 7 heteroatoms. The molecule has 3 rings (SSSR count). The second kappa shape index (κ2) is 8.97. The van der Waals surface area contributed by atoms with Gasteiger partial charge in [0.15, 0.2) is 0 Å². The average molecular weight is 417 g/mol. The fourth-order valence-electron chi connectivity index (χ4n) is 3.46. The lowest BCUT2D eigenvalue weighted by Crippen LogP contribution is -2.43. The van der Waals surface area contributed by atoms with Gasteiger partial charge in [-0.25, -0.2) is 8.42 Å². The van der Waals surface area contributed by atoms with Gasteiger partial charge in [-0.05, 0) is 81.1 Å². The summed E-state index contributed by atoms with van der Waals surface area (Å²) in [7, 11) is -3.65. The number of rotatable bonds is 6. The van der Waals surface area contributed by atoms with Crippen LogP contribution < -0.4 is 10.1 Å². The van der Waals surface area contributed by atoms with Crippen molar-refractivity contribution in [2.75, 3.05) is 25.0 Å². The Bertz CT molecular complexity index is 971. The predicted octanol–water partition coefficient (Wildman–Crippen LogP) is 3.74. The Morgan fingerprint density at radius 1 is 1.14 bits per heavy atom. The van der Waals surface area contributed by atoms with Crippen LogP contribution in [0.15, 0.2) is 47.4 Å². The molecule has 29 heavy (non-hydrogen) atoms. The number of benzene rings is 2. The van der Waals surface area contributed by atoms with Gasteiger partial charge in [-0.3, -0.25) is 4.79 Å². The molecule has 0 radical (unpaired) electrons. The number of nitrogens with zero attached hydrogens (tertiary/aromatic N) is 1. The number of aryl methyl sites for hydroxylation is 2. The third-order valence-corrected chi connectivity index (χ3v) is 7.18. The van der Waals surface area contributed by atoms with Crippen molar-refractivity contribution >= 4 is 21.6 Å². The molecule has 1 heterocycles. The summed E-state index contributed by atoms with van der Waals surface area (Å²) in [6, 6.07) is 12.2. The Morgan fingerprint density at radius 3 is 2.52 bits per heavy atom. The zero-order valence-electron chi connectivity index (χ0n) is 17.1. The molecule has 2 aromatic carbocycles. The fraction of sp³-hybridized carbons (Fsp3) is 0.409. The lowest BCUT2D eigenvalue weighted by atomic mass is 9.98. The summed E-state index contributed by atoms with van der Waals surface area (Å²) >= 11 is 0. The summed E-state index contributed by atoms with van der Waals surface area (Å²) in [5.41, 5.74) is 3.00. The lowest BCUT2D eigenvalue weighted by molar-refractivity contribution is -0.120. The van der Waals surface area contributed by atoms with Gasteiger partial charge in [0.25, 0.3) is 0 Å². The van der Waals surface area contributed by atoms with Gasteiger partial charge in [0.1, 0.15) is 5.75 Å². The van der Waals surface area contributed by atoms with Gasteiger partial charge in [0.2, 0.25) is 15.9 Å². The Balaban J connectivity index is 1.70. The van der Waals surface area contributed by atoms with Crippen LogP contribution in [0, 0.1) is 19.8 Å². The van der Waals surface area contributed by atoms with Crippen molar-refractivity contribution in [3.63, 3.8) is 0 Å². The fourth-order valence-corrected chi connectivity index (χ4v) is 4.99. The summed E-state index contributed by atoms with van der Waals surface area (Å²) in [5, 5.41) is 2.94. The molecule has 1 N–H and O–H groups in total. The first kappa shape index (κ1) is 21.3. The SMILES string of the molecule is CCOc1ccc(S(=O)(=O)N2CCC[C@@H](C(=O)Nc3ccc(C)c(C)c3)C2)cc1. The number of carbonyl (C=O) groups excluding carboxylic acids is 1. The number of hydrogen-bond acceptors (Lipinski definition) is 4. The van der Waals surface area contributed by atoms with Gasteiger partial charge in [0.05, 0.1) is 17.4 Å². The molecule has 0 spiro atoms. The number of carbonyl (C=O) groups is 1. The van der Waals surface area contributed by atoms with Crippen LogP contribution in [-0.2, 0) is 14.8 Å². The van der Waals surface area contributed by atoms with E-state index in [4.69, 9.17) is 4.74 Å². The number of sulfonamides is 1. The van der Waals surface area contributed by atoms with E-state index in [0.717, 1.165) is 16.8 Å². The minimum Gasteiger partial charge on any atom is -0.494 e. The van der Waals surface area contributed by atoms with Crippen molar-refractivity contribution < 1.29 is 17.9 Å². The lowest BCUT2D eigenvalue weighted by Gasteiger charge is -2.31. The highest BCUT2D eigenvalue weighted by molar-refractivity contribution is 7.89. The first-order chi connectivity index (χ1) is 13.8. The molecule has 1 saturated heterocycles. The molecule has 0 saturated carbocycles. The summed E-state index contributed by atoms with van der Waals surface area (Å²) in [4.78, 5) is 13.0. The molecule has 1 aliphatic heterocycles. The molecule has 0 bridgehead atoms. The maximum absolute atomic E-state index is 13.0. The summed E-state index contributed by atoms with van der Waals surface area (Å²) in [6.45, 7) is 7.02. The molecular weight excluding hydrogens is 388 g/mol. The Kier molecular flexibility index (Phi) is 6.59. The summed E-state index contributed by atoms with van der Waals surface area (Å²) in [6.07, 6.45) is 1.33. The van der Waals surface area contributed by atoms with E-state index in [-0.39, 0.29) is 23.3 Å². The maximum atomic E-state index is 13.0. The van der Waals surface area contributed by atoms with Crippen molar-refractivity contribution in [1.29, 1.82) is 0 Å². The minimum absolute atomic E-state index is 0.139. The van der Waals surface area contributed by atoms with Crippen molar-refractivity contribution in [2.24, 2.45) is 5.92 Å². The monoisotopic (exact) mass is 416 g/mol. The van der Waals surface area contributed by atoms with Gasteiger partial charge < -0.3 is 10.1 Å². The van der Waals surface area contributed by atoms with Gasteiger partial charge in [0, 0.05) is 18.8 Å². The number of nitrogens with one attached hydrogen (secondary N) is 1. The van der Waals surface area contributed by atoms with E-state index < -0.39 is 10.0 Å². The standard InChI is InChI=1S/C22H28N2O4S/c1-4-28-20-9-11-21(12-10-20)29(26,27)24-13-5-6-18(15-24)22(25)23-19-8-7-16(2)17(3)14-19/h7-12,14,18H,4-6,13,15H2,1-3H3,(H,23,25)/t18-/m1/s1. The molecule has 6 nitrogen and oxygen atoms in total. The number of piperidine rings is 1. The van der Waals surface area contributed by atoms with Crippen molar-refractivity contribution in [3.05, 3.63) is 53.6 Å². The Hall–Kier alpha value is -2.38. The van der Waals surface area contributed by atoms with Crippen LogP contribution in [0.4, 0.5) is 5.69 Å². The summed E-state index contributed by atoms with van der Waals surface area (Å²) in [5.74, 6) is 0.124. The quantitative estimate of drug-likeness (QED) is 0.778. The largest absolute Gasteiger partial charge is 0.494 e. The van der Waals surface area contributed by atoms with Crippen LogP contribution in [-0.4, -0.2) is 38.3 Å². The number of hydrogen-bond donors (Lipinski definition) is 1. The molecule has 0 aliphatic carbocycles. The molecule has 1 fully saturated rings. The topological polar surface area (TPSA) is 75.7 Å². The molecular formula is C22H28N2O4S. The smallest absolute Gasteiger partial charge is 0.243 e. The number of amides is 1. The van der Waals surface area contributed by atoms with Crippen LogP contribution in [0.5, 0.6) is 5.75 Å². The van der Waals surface area contributed by atoms with Crippen molar-refractivity contribution in [3.8, 4) is 5.75 Å². The van der Waals surface area contributed by atoms with E-state index in [1.807, 2.05) is 39.0 Å². The molecule has 0 aromatic heterocycles. The van der Waals surface area contributed by atoms with Gasteiger partial charge in [-0.2, -0.15) is 4.31 Å². The van der Waals surface area contributed by atoms with E-state index in [1.54, 1.807) is 24.3 Å². The van der Waals surface area contributed by atoms with Crippen LogP contribution in [0.1, 0.15) is 30.9 Å². The van der Waals surface area contributed by atoms with Crippen LogP contribution in [0.25, 0.3) is 0 Å². The zero-order chi connectivity index (χ0) is 21.0. The molecule has 1 amide bonds. The van der Waals surface area contributed by atoms with Crippen LogP contribution >= 0.6 is 0 Å². The number of ether oxygens (including phenoxy) is 1. The molecule has 2 aromatic rings. The highest BCUT2D eigenvalue weighted by atomic mass is 32.2. The second-order valence-corrected chi connectivity index (χ2v) is 9.33. The third-order valence-electron chi connectivity index (χ3n) is 5.30. The van der Waals surface area contributed by atoms with E-state index in [0.29, 0.717) is 31.7 Å². The van der Waals surface area contributed by atoms with Crippen molar-refractivity contribution in [1.82, 2.24) is 4.31 Å². The first-order valence-electron chi connectivity index (χ1n) is 9.92. The first-order valence-corrected chi connectivity index (χ1v) is 11.4. The van der Waals surface area contributed by atoms with Crippen molar-refractivity contribution in [2.45, 2.75) is 38.5 Å². The zero-order valence-corrected chi connectivity index (χ0v) is 18.0. The van der Waals surface area contributed by atoms with Gasteiger partial charge in [-0.1, -0.05) is 6.07 Å². The molecule has 1 atom stereocenters. The molecule has 0 unspecified atom stereocenters. The third kappa shape index (κ3) is 4.97. The average Bonchev–Trinajstić information content (AvgIpc) is 2.71. The van der Waals surface area contributed by atoms with Crippen LogP contribution in [0.2, 0.25) is 0 Å². The summed E-state index contributed by atoms with van der Waals surface area (Å²) < 4.78 is 32.8. The van der Waals surface area contributed by atoms with E-state index >= 15 is 0 Å². The Morgan fingerprint density at radius 2 is 1.86 bits per heavy atom. The predicted molar refractivity (Wildman–Crippen MR) is 114 cm³/mol. The normalized spacial score (nSPS) is 17.7. The van der Waals surface area contributed by atoms with Gasteiger partial charge >= 0.3 is 0 Å². The van der Waals surface area contributed by atoms with Gasteiger partial charge in [-0.15, -0.1) is 0 Å². The number of anilines is 1. The Labute approximate surface area is 172 Å². The molecule has 156 valence electrons. The minimum atomic E-state index is -3.65. The highest BCUT2D eigenvalue weighted by Crippen LogP contribution is 2.26. The van der Waals surface area contributed by atoms with E-state index in [1.165, 1.54) is 4.31 Å². The second-order valence-electron chi connectivity index (χ2n) is 7.39. The van der Waals surface area contributed by atoms with E-state index in [9.17, 15) is 13.2 Å². The highest BCUT2D eigenvalue weighted by Gasteiger charge is 2.33. The maximum Gasteiger partial charge on any atom is 0.243 e. The molecule has 1 aliphatic rings.